The van der Waals surface area contributed by atoms with Crippen molar-refractivity contribution in [2.24, 2.45) is 0 Å². The third kappa shape index (κ3) is 5.73. The Hall–Kier alpha value is -4.37. The molecule has 0 amide bonds. The summed E-state index contributed by atoms with van der Waals surface area (Å²) in [5.74, 6) is 0. The number of halogens is 3. The van der Waals surface area contributed by atoms with E-state index in [2.05, 4.69) is 4.72 Å². The third-order valence-corrected chi connectivity index (χ3v) is 7.72. The second-order valence-corrected chi connectivity index (χ2v) is 10.8. The molecule has 0 aliphatic heterocycles. The molecule has 0 spiro atoms. The summed E-state index contributed by atoms with van der Waals surface area (Å²) in [6.45, 7) is 1.81. The summed E-state index contributed by atoms with van der Waals surface area (Å²) in [6, 6.07) is 26.0. The Kier molecular flexibility index (Phi) is 6.78. The van der Waals surface area contributed by atoms with E-state index in [-0.39, 0.29) is 22.3 Å². The van der Waals surface area contributed by atoms with Crippen LogP contribution in [0.1, 0.15) is 22.3 Å². The first-order valence-corrected chi connectivity index (χ1v) is 13.4. The van der Waals surface area contributed by atoms with Gasteiger partial charge in [0.05, 0.1) is 16.1 Å². The summed E-state index contributed by atoms with van der Waals surface area (Å²) < 4.78 is 74.2. The molecule has 198 valence electrons. The molecule has 5 aromatic rings. The van der Waals surface area contributed by atoms with Gasteiger partial charge in [0, 0.05) is 11.5 Å². The highest BCUT2D eigenvalue weighted by Gasteiger charge is 2.34. The molecule has 0 saturated heterocycles. The maximum Gasteiger partial charge on any atom is 0.417 e. The van der Waals surface area contributed by atoms with Gasteiger partial charge >= 0.3 is 11.8 Å². The summed E-state index contributed by atoms with van der Waals surface area (Å²) in [5, 5.41) is -0.212. The number of anilines is 1. The van der Waals surface area contributed by atoms with Crippen molar-refractivity contribution in [3.63, 3.8) is 0 Å². The highest BCUT2D eigenvalue weighted by atomic mass is 32.2. The zero-order valence-electron chi connectivity index (χ0n) is 20.6. The van der Waals surface area contributed by atoms with Gasteiger partial charge in [-0.3, -0.25) is 4.72 Å². The fourth-order valence-corrected chi connectivity index (χ4v) is 5.44. The minimum absolute atomic E-state index is 0.0513. The normalized spacial score (nSPS) is 12.0. The molecule has 4 aromatic carbocycles. The summed E-state index contributed by atoms with van der Waals surface area (Å²) in [4.78, 5) is 11.6. The van der Waals surface area contributed by atoms with Crippen LogP contribution in [0.15, 0.2) is 111 Å². The van der Waals surface area contributed by atoms with Crippen LogP contribution in [-0.2, 0) is 22.6 Å². The molecule has 39 heavy (non-hydrogen) atoms. The van der Waals surface area contributed by atoms with Gasteiger partial charge in [-0.1, -0.05) is 60.7 Å². The van der Waals surface area contributed by atoms with Crippen molar-refractivity contribution < 1.29 is 26.0 Å². The van der Waals surface area contributed by atoms with E-state index in [4.69, 9.17) is 4.42 Å². The Morgan fingerprint density at radius 3 is 2.18 bits per heavy atom. The van der Waals surface area contributed by atoms with Gasteiger partial charge in [-0.2, -0.15) is 13.2 Å². The van der Waals surface area contributed by atoms with Crippen molar-refractivity contribution in [1.29, 1.82) is 0 Å². The van der Waals surface area contributed by atoms with Crippen LogP contribution < -0.4 is 10.3 Å². The van der Waals surface area contributed by atoms with Gasteiger partial charge in [-0.05, 0) is 71.5 Å². The van der Waals surface area contributed by atoms with Crippen LogP contribution in [0.25, 0.3) is 22.1 Å². The Morgan fingerprint density at radius 2 is 1.49 bits per heavy atom. The first-order valence-electron chi connectivity index (χ1n) is 11.9. The molecule has 0 saturated carbocycles. The maximum atomic E-state index is 13.5. The smallest absolute Gasteiger partial charge is 0.417 e. The van der Waals surface area contributed by atoms with E-state index < -0.39 is 27.4 Å². The SMILES string of the molecule is Cc1ccc(-c2ccccc2)cc1NS(=O)(=O)c1ccc(Cc2ccc3oc(=O)cc(C(F)(F)F)c3c2)cc1. The van der Waals surface area contributed by atoms with Crippen molar-refractivity contribution in [2.45, 2.75) is 24.4 Å². The van der Waals surface area contributed by atoms with E-state index >= 15 is 0 Å². The van der Waals surface area contributed by atoms with Crippen LogP contribution in [0.5, 0.6) is 0 Å². The van der Waals surface area contributed by atoms with Gasteiger partial charge in [0.2, 0.25) is 0 Å². The van der Waals surface area contributed by atoms with Crippen LogP contribution in [-0.4, -0.2) is 8.42 Å². The zero-order chi connectivity index (χ0) is 27.8. The second kappa shape index (κ2) is 10.1. The van der Waals surface area contributed by atoms with Crippen molar-refractivity contribution in [2.75, 3.05) is 4.72 Å². The minimum Gasteiger partial charge on any atom is -0.423 e. The molecule has 0 aliphatic rings. The number of fused-ring (bicyclic) bond motifs is 1. The molecule has 9 heteroatoms. The molecule has 1 heterocycles. The Bertz CT molecular complexity index is 1830. The topological polar surface area (TPSA) is 76.4 Å². The van der Waals surface area contributed by atoms with E-state index in [0.717, 1.165) is 16.7 Å². The molecule has 0 unspecified atom stereocenters. The highest BCUT2D eigenvalue weighted by molar-refractivity contribution is 7.92. The lowest BCUT2D eigenvalue weighted by Crippen LogP contribution is -2.14. The quantitative estimate of drug-likeness (QED) is 0.228. The van der Waals surface area contributed by atoms with E-state index in [9.17, 15) is 26.4 Å². The monoisotopic (exact) mass is 549 g/mol. The summed E-state index contributed by atoms with van der Waals surface area (Å²) in [6.07, 6.45) is -4.47. The molecule has 0 atom stereocenters. The number of sulfonamides is 1. The van der Waals surface area contributed by atoms with Crippen LogP contribution >= 0.6 is 0 Å². The summed E-state index contributed by atoms with van der Waals surface area (Å²) in [7, 11) is -3.90. The Labute approximate surface area is 222 Å². The first-order chi connectivity index (χ1) is 18.5. The largest absolute Gasteiger partial charge is 0.423 e. The van der Waals surface area contributed by atoms with Gasteiger partial charge in [0.15, 0.2) is 0 Å². The lowest BCUT2D eigenvalue weighted by Gasteiger charge is -2.13. The van der Waals surface area contributed by atoms with Gasteiger partial charge in [0.1, 0.15) is 5.58 Å². The standard InChI is InChI=1S/C30H22F3NO4S/c1-19-7-11-23(22-5-3-2-4-6-22)17-27(19)34-39(36,37)24-12-8-20(9-13-24)15-21-10-14-28-25(16-21)26(30(31,32)33)18-29(35)38-28/h2-14,16-18,34H,15H2,1H3. The van der Waals surface area contributed by atoms with Gasteiger partial charge in [-0.15, -0.1) is 0 Å². The molecular weight excluding hydrogens is 527 g/mol. The van der Waals surface area contributed by atoms with Gasteiger partial charge in [0.25, 0.3) is 10.0 Å². The summed E-state index contributed by atoms with van der Waals surface area (Å²) >= 11 is 0. The maximum absolute atomic E-state index is 13.5. The molecule has 0 bridgehead atoms. The molecular formula is C30H22F3NO4S. The van der Waals surface area contributed by atoms with Crippen molar-refractivity contribution in [3.05, 3.63) is 130 Å². The number of benzene rings is 4. The predicted octanol–water partition coefficient (Wildman–Crippen LogP) is 7.18. The Balaban J connectivity index is 1.38. The molecule has 1 N–H and O–H groups in total. The second-order valence-electron chi connectivity index (χ2n) is 9.13. The fourth-order valence-electron chi connectivity index (χ4n) is 4.32. The van der Waals surface area contributed by atoms with Crippen molar-refractivity contribution >= 4 is 26.7 Å². The molecule has 5 nitrogen and oxygen atoms in total. The third-order valence-electron chi connectivity index (χ3n) is 6.34. The van der Waals surface area contributed by atoms with Gasteiger partial charge < -0.3 is 4.42 Å². The fraction of sp³-hybridized carbons (Fsp3) is 0.100. The zero-order valence-corrected chi connectivity index (χ0v) is 21.4. The number of hydrogen-bond donors (Lipinski definition) is 1. The average molecular weight is 550 g/mol. The van der Waals surface area contributed by atoms with E-state index in [1.807, 2.05) is 49.4 Å². The van der Waals surface area contributed by atoms with Crippen LogP contribution in [0.4, 0.5) is 18.9 Å². The number of alkyl halides is 3. The summed E-state index contributed by atoms with van der Waals surface area (Å²) in [5.41, 5.74) is 2.01. The molecule has 5 rings (SSSR count). The highest BCUT2D eigenvalue weighted by Crippen LogP contribution is 2.34. The first kappa shape index (κ1) is 26.2. The Morgan fingerprint density at radius 1 is 0.795 bits per heavy atom. The molecule has 0 radical (unpaired) electrons. The van der Waals surface area contributed by atoms with Crippen LogP contribution in [0.3, 0.4) is 0 Å². The number of hydrogen-bond acceptors (Lipinski definition) is 4. The lowest BCUT2D eigenvalue weighted by atomic mass is 10.0. The molecule has 1 aromatic heterocycles. The van der Waals surface area contributed by atoms with E-state index in [1.165, 1.54) is 24.3 Å². The lowest BCUT2D eigenvalue weighted by molar-refractivity contribution is -0.136. The number of rotatable bonds is 6. The van der Waals surface area contributed by atoms with Crippen molar-refractivity contribution in [1.82, 2.24) is 0 Å². The van der Waals surface area contributed by atoms with Crippen molar-refractivity contribution in [3.8, 4) is 11.1 Å². The molecule has 0 aliphatic carbocycles. The predicted molar refractivity (Wildman–Crippen MR) is 144 cm³/mol. The average Bonchev–Trinajstić information content (AvgIpc) is 2.90. The van der Waals surface area contributed by atoms with E-state index in [1.54, 1.807) is 24.3 Å². The number of nitrogens with one attached hydrogen (secondary N) is 1. The van der Waals surface area contributed by atoms with Crippen LogP contribution in [0.2, 0.25) is 0 Å². The number of aryl methyl sites for hydroxylation is 1. The van der Waals surface area contributed by atoms with Crippen LogP contribution in [0, 0.1) is 6.92 Å². The van der Waals surface area contributed by atoms with E-state index in [0.29, 0.717) is 22.9 Å². The molecule has 0 fully saturated rings. The minimum atomic E-state index is -4.71. The van der Waals surface area contributed by atoms with Gasteiger partial charge in [-0.25, -0.2) is 13.2 Å².